The van der Waals surface area contributed by atoms with Crippen LogP contribution in [0, 0.1) is 11.8 Å². The van der Waals surface area contributed by atoms with Crippen LogP contribution < -0.4 is 0 Å². The van der Waals surface area contributed by atoms with Gasteiger partial charge in [0.25, 0.3) is 0 Å². The Hall–Kier alpha value is -1.84. The Morgan fingerprint density at radius 3 is 2.32 bits per heavy atom. The smallest absolute Gasteiger partial charge is 0.308 e. The molecule has 1 aromatic carbocycles. The highest BCUT2D eigenvalue weighted by molar-refractivity contribution is 5.83. The number of carboxylic acids is 1. The number of hydrogen-bond acceptors (Lipinski definition) is 2. The molecule has 3 unspecified atom stereocenters. The van der Waals surface area contributed by atoms with Crippen molar-refractivity contribution < 1.29 is 14.7 Å². The SMILES string of the molecule is CC(CN(C)C(=O)C1CC1c1ccc(C(C)C)cc1)C(=O)O. The fraction of sp³-hybridized carbons (Fsp3) is 0.556. The zero-order chi connectivity index (χ0) is 16.4. The summed E-state index contributed by atoms with van der Waals surface area (Å²) in [5.74, 6) is -0.528. The van der Waals surface area contributed by atoms with Gasteiger partial charge in [-0.3, -0.25) is 9.59 Å². The van der Waals surface area contributed by atoms with Crippen LogP contribution in [0.1, 0.15) is 50.2 Å². The summed E-state index contributed by atoms with van der Waals surface area (Å²) in [6, 6.07) is 8.51. The standard InChI is InChI=1S/C18H25NO3/c1-11(2)13-5-7-14(8-6-13)15-9-16(15)17(20)19(4)10-12(3)18(21)22/h5-8,11-12,15-16H,9-10H2,1-4H3,(H,21,22). The van der Waals surface area contributed by atoms with Gasteiger partial charge in [0, 0.05) is 19.5 Å². The third kappa shape index (κ3) is 3.67. The first kappa shape index (κ1) is 16.5. The van der Waals surface area contributed by atoms with Crippen LogP contribution in [0.3, 0.4) is 0 Å². The lowest BCUT2D eigenvalue weighted by Gasteiger charge is -2.19. The Morgan fingerprint density at radius 2 is 1.82 bits per heavy atom. The second-order valence-corrected chi connectivity index (χ2v) is 6.73. The number of aliphatic carboxylic acids is 1. The van der Waals surface area contributed by atoms with Gasteiger partial charge in [-0.25, -0.2) is 0 Å². The van der Waals surface area contributed by atoms with Crippen LogP contribution in [0.5, 0.6) is 0 Å². The van der Waals surface area contributed by atoms with E-state index in [9.17, 15) is 9.59 Å². The molecule has 0 bridgehead atoms. The summed E-state index contributed by atoms with van der Waals surface area (Å²) in [6.45, 7) is 6.22. The Labute approximate surface area is 132 Å². The second kappa shape index (κ2) is 6.51. The second-order valence-electron chi connectivity index (χ2n) is 6.73. The lowest BCUT2D eigenvalue weighted by atomic mass is 10.00. The van der Waals surface area contributed by atoms with Crippen molar-refractivity contribution in [2.45, 2.75) is 39.0 Å². The fourth-order valence-electron chi connectivity index (χ4n) is 2.83. The Kier molecular flexibility index (Phi) is 4.89. The van der Waals surface area contributed by atoms with Crippen LogP contribution in [0.25, 0.3) is 0 Å². The van der Waals surface area contributed by atoms with Gasteiger partial charge < -0.3 is 10.0 Å². The zero-order valence-corrected chi connectivity index (χ0v) is 13.7. The van der Waals surface area contributed by atoms with Gasteiger partial charge in [0.1, 0.15) is 0 Å². The van der Waals surface area contributed by atoms with Crippen molar-refractivity contribution in [3.05, 3.63) is 35.4 Å². The van der Waals surface area contributed by atoms with Gasteiger partial charge in [-0.15, -0.1) is 0 Å². The third-order valence-electron chi connectivity index (χ3n) is 4.48. The molecule has 0 aliphatic heterocycles. The molecule has 1 aliphatic carbocycles. The van der Waals surface area contributed by atoms with E-state index in [4.69, 9.17) is 5.11 Å². The summed E-state index contributed by atoms with van der Waals surface area (Å²) in [7, 11) is 1.69. The van der Waals surface area contributed by atoms with E-state index < -0.39 is 11.9 Å². The molecule has 1 aliphatic rings. The first-order valence-electron chi connectivity index (χ1n) is 7.89. The Balaban J connectivity index is 1.93. The normalized spacial score (nSPS) is 21.5. The van der Waals surface area contributed by atoms with E-state index in [1.54, 1.807) is 18.9 Å². The van der Waals surface area contributed by atoms with Crippen molar-refractivity contribution in [3.8, 4) is 0 Å². The van der Waals surface area contributed by atoms with Gasteiger partial charge in [0.2, 0.25) is 5.91 Å². The molecular weight excluding hydrogens is 278 g/mol. The molecule has 0 aromatic heterocycles. The molecule has 1 N–H and O–H groups in total. The van der Waals surface area contributed by atoms with E-state index in [0.29, 0.717) is 5.92 Å². The van der Waals surface area contributed by atoms with Crippen LogP contribution in [0.2, 0.25) is 0 Å². The van der Waals surface area contributed by atoms with Crippen molar-refractivity contribution in [2.24, 2.45) is 11.8 Å². The molecule has 0 heterocycles. The monoisotopic (exact) mass is 303 g/mol. The molecule has 3 atom stereocenters. The number of carbonyl (C=O) groups excluding carboxylic acids is 1. The Morgan fingerprint density at radius 1 is 1.23 bits per heavy atom. The van der Waals surface area contributed by atoms with Crippen LogP contribution in [0.15, 0.2) is 24.3 Å². The van der Waals surface area contributed by atoms with E-state index in [1.165, 1.54) is 11.1 Å². The summed E-state index contributed by atoms with van der Waals surface area (Å²) in [5, 5.41) is 8.93. The van der Waals surface area contributed by atoms with Gasteiger partial charge in [-0.1, -0.05) is 45.0 Å². The van der Waals surface area contributed by atoms with Crippen molar-refractivity contribution in [3.63, 3.8) is 0 Å². The number of benzene rings is 1. The van der Waals surface area contributed by atoms with Crippen LogP contribution in [0.4, 0.5) is 0 Å². The first-order chi connectivity index (χ1) is 10.3. The van der Waals surface area contributed by atoms with Crippen molar-refractivity contribution in [2.75, 3.05) is 13.6 Å². The molecule has 0 radical (unpaired) electrons. The quantitative estimate of drug-likeness (QED) is 0.878. The number of carboxylic acid groups (broad SMARTS) is 1. The molecule has 1 amide bonds. The molecule has 4 nitrogen and oxygen atoms in total. The molecular formula is C18H25NO3. The summed E-state index contributed by atoms with van der Waals surface area (Å²) in [4.78, 5) is 24.8. The predicted octanol–water partition coefficient (Wildman–Crippen LogP) is 3.09. The number of rotatable bonds is 6. The lowest BCUT2D eigenvalue weighted by Crippen LogP contribution is -2.34. The minimum atomic E-state index is -0.865. The molecule has 2 rings (SSSR count). The molecule has 22 heavy (non-hydrogen) atoms. The topological polar surface area (TPSA) is 57.6 Å². The molecule has 120 valence electrons. The summed E-state index contributed by atoms with van der Waals surface area (Å²) in [5.41, 5.74) is 2.52. The maximum atomic E-state index is 12.4. The van der Waals surface area contributed by atoms with Crippen LogP contribution in [-0.4, -0.2) is 35.5 Å². The van der Waals surface area contributed by atoms with Crippen molar-refractivity contribution >= 4 is 11.9 Å². The van der Waals surface area contributed by atoms with Crippen LogP contribution in [-0.2, 0) is 9.59 Å². The van der Waals surface area contributed by atoms with E-state index in [-0.39, 0.29) is 24.3 Å². The molecule has 1 aromatic rings. The molecule has 0 saturated heterocycles. The van der Waals surface area contributed by atoms with Crippen LogP contribution >= 0.6 is 0 Å². The van der Waals surface area contributed by atoms with Crippen molar-refractivity contribution in [1.29, 1.82) is 0 Å². The number of carbonyl (C=O) groups is 2. The molecule has 1 fully saturated rings. The van der Waals surface area contributed by atoms with Gasteiger partial charge in [-0.05, 0) is 29.4 Å². The Bertz CT molecular complexity index is 550. The molecule has 0 spiro atoms. The van der Waals surface area contributed by atoms with E-state index in [2.05, 4.69) is 38.1 Å². The largest absolute Gasteiger partial charge is 0.481 e. The maximum Gasteiger partial charge on any atom is 0.308 e. The highest BCUT2D eigenvalue weighted by Crippen LogP contribution is 2.48. The van der Waals surface area contributed by atoms with Gasteiger partial charge in [0.15, 0.2) is 0 Å². The third-order valence-corrected chi connectivity index (χ3v) is 4.48. The first-order valence-corrected chi connectivity index (χ1v) is 7.89. The van der Waals surface area contributed by atoms with E-state index >= 15 is 0 Å². The van der Waals surface area contributed by atoms with Crippen molar-refractivity contribution in [1.82, 2.24) is 4.90 Å². The van der Waals surface area contributed by atoms with Gasteiger partial charge in [0.05, 0.1) is 5.92 Å². The summed E-state index contributed by atoms with van der Waals surface area (Å²) in [6.07, 6.45) is 0.867. The molecule has 1 saturated carbocycles. The minimum Gasteiger partial charge on any atom is -0.481 e. The average molecular weight is 303 g/mol. The number of amides is 1. The lowest BCUT2D eigenvalue weighted by molar-refractivity contribution is -0.142. The van der Waals surface area contributed by atoms with E-state index in [1.807, 2.05) is 0 Å². The maximum absolute atomic E-state index is 12.4. The van der Waals surface area contributed by atoms with E-state index in [0.717, 1.165) is 6.42 Å². The highest BCUT2D eigenvalue weighted by atomic mass is 16.4. The summed E-state index contributed by atoms with van der Waals surface area (Å²) < 4.78 is 0. The number of nitrogens with zero attached hydrogens (tertiary/aromatic N) is 1. The zero-order valence-electron chi connectivity index (χ0n) is 13.7. The fourth-order valence-corrected chi connectivity index (χ4v) is 2.83. The average Bonchev–Trinajstić information content (AvgIpc) is 3.26. The minimum absolute atomic E-state index is 0.0101. The predicted molar refractivity (Wildman–Crippen MR) is 85.8 cm³/mol. The van der Waals surface area contributed by atoms with Gasteiger partial charge >= 0.3 is 5.97 Å². The van der Waals surface area contributed by atoms with Gasteiger partial charge in [-0.2, -0.15) is 0 Å². The summed E-state index contributed by atoms with van der Waals surface area (Å²) >= 11 is 0. The molecule has 4 heteroatoms. The highest BCUT2D eigenvalue weighted by Gasteiger charge is 2.45. The number of hydrogen-bond donors (Lipinski definition) is 1.